The highest BCUT2D eigenvalue weighted by Crippen LogP contribution is 2.15. The Labute approximate surface area is 116 Å². The summed E-state index contributed by atoms with van der Waals surface area (Å²) in [6.07, 6.45) is 0. The second kappa shape index (κ2) is 5.60. The van der Waals surface area contributed by atoms with Crippen LogP contribution in [0.25, 0.3) is 11.0 Å². The first-order valence-corrected chi connectivity index (χ1v) is 6.61. The van der Waals surface area contributed by atoms with E-state index in [0.29, 0.717) is 26.3 Å². The Bertz CT molecular complexity index is 577. The molecule has 0 spiro atoms. The number of fused-ring (bicyclic) bond motifs is 1. The second-order valence-electron chi connectivity index (χ2n) is 4.78. The maximum absolute atomic E-state index is 11.8. The fourth-order valence-electron chi connectivity index (χ4n) is 2.45. The zero-order chi connectivity index (χ0) is 13.9. The number of nitrogens with zero attached hydrogens (tertiary/aromatic N) is 2. The fraction of sp³-hybridized carbons (Fsp3) is 0.429. The van der Waals surface area contributed by atoms with Gasteiger partial charge in [0.2, 0.25) is 0 Å². The third-order valence-corrected chi connectivity index (χ3v) is 3.50. The predicted octanol–water partition coefficient (Wildman–Crippen LogP) is 0.937. The van der Waals surface area contributed by atoms with E-state index in [1.54, 1.807) is 0 Å². The molecule has 1 aliphatic heterocycles. The highest BCUT2D eigenvalue weighted by atomic mass is 16.5. The van der Waals surface area contributed by atoms with Crippen molar-refractivity contribution in [3.05, 3.63) is 30.1 Å². The van der Waals surface area contributed by atoms with Crippen LogP contribution in [0.1, 0.15) is 5.82 Å². The molecule has 0 amide bonds. The van der Waals surface area contributed by atoms with Crippen LogP contribution in [0.5, 0.6) is 0 Å². The predicted molar refractivity (Wildman–Crippen MR) is 73.1 cm³/mol. The summed E-state index contributed by atoms with van der Waals surface area (Å²) in [6.45, 7) is 2.26. The average Bonchev–Trinajstić information content (AvgIpc) is 2.89. The van der Waals surface area contributed by atoms with Crippen LogP contribution in [0, 0.1) is 0 Å². The highest BCUT2D eigenvalue weighted by Gasteiger charge is 2.30. The molecule has 1 aromatic carbocycles. The topological polar surface area (TPSA) is 67.5 Å². The molecule has 1 atom stereocenters. The molecule has 20 heavy (non-hydrogen) atoms. The number of hydrogen-bond donors (Lipinski definition) is 1. The number of para-hydroxylation sites is 2. The molecule has 0 radical (unpaired) electrons. The van der Waals surface area contributed by atoms with E-state index in [0.717, 1.165) is 16.9 Å². The summed E-state index contributed by atoms with van der Waals surface area (Å²) in [7, 11) is 1.40. The number of carbonyl (C=O) groups is 1. The van der Waals surface area contributed by atoms with Crippen molar-refractivity contribution >= 4 is 17.0 Å². The molecule has 0 aliphatic carbocycles. The number of rotatable bonds is 3. The standard InChI is InChI=1S/C14H17N3O3/c1-19-14(18)12-9-20-7-6-17(12)8-13-15-10-4-2-3-5-11(10)16-13/h2-5,12H,6-9H2,1H3,(H,15,16). The molecule has 0 bridgehead atoms. The molecular weight excluding hydrogens is 258 g/mol. The van der Waals surface area contributed by atoms with Gasteiger partial charge in [0, 0.05) is 6.54 Å². The molecule has 106 valence electrons. The van der Waals surface area contributed by atoms with Crippen molar-refractivity contribution in [2.45, 2.75) is 12.6 Å². The molecule has 6 heteroatoms. The minimum absolute atomic E-state index is 0.263. The zero-order valence-corrected chi connectivity index (χ0v) is 11.3. The summed E-state index contributed by atoms with van der Waals surface area (Å²) in [4.78, 5) is 21.6. The molecule has 2 aromatic rings. The lowest BCUT2D eigenvalue weighted by molar-refractivity contribution is -0.153. The number of nitrogens with one attached hydrogen (secondary N) is 1. The maximum atomic E-state index is 11.8. The number of aromatic nitrogens is 2. The Hall–Kier alpha value is -1.92. The third-order valence-electron chi connectivity index (χ3n) is 3.50. The van der Waals surface area contributed by atoms with E-state index in [1.807, 2.05) is 29.2 Å². The van der Waals surface area contributed by atoms with Crippen LogP contribution in [-0.4, -0.2) is 53.7 Å². The van der Waals surface area contributed by atoms with Gasteiger partial charge in [-0.05, 0) is 12.1 Å². The molecule has 1 saturated heterocycles. The number of morpholine rings is 1. The Morgan fingerprint density at radius 1 is 1.55 bits per heavy atom. The first kappa shape index (κ1) is 13.1. The molecular formula is C14H17N3O3. The van der Waals surface area contributed by atoms with Gasteiger partial charge < -0.3 is 14.5 Å². The number of hydrogen-bond acceptors (Lipinski definition) is 5. The minimum atomic E-state index is -0.359. The Kier molecular flexibility index (Phi) is 3.66. The van der Waals surface area contributed by atoms with Gasteiger partial charge in [0.05, 0.1) is 37.9 Å². The summed E-state index contributed by atoms with van der Waals surface area (Å²) in [5, 5.41) is 0. The first-order chi connectivity index (χ1) is 9.78. The number of benzene rings is 1. The number of ether oxygens (including phenoxy) is 2. The van der Waals surface area contributed by atoms with E-state index >= 15 is 0 Å². The van der Waals surface area contributed by atoms with Crippen molar-refractivity contribution < 1.29 is 14.3 Å². The molecule has 2 heterocycles. The average molecular weight is 275 g/mol. The second-order valence-corrected chi connectivity index (χ2v) is 4.78. The number of H-pyrrole nitrogens is 1. The minimum Gasteiger partial charge on any atom is -0.468 e. The largest absolute Gasteiger partial charge is 0.468 e. The number of aromatic amines is 1. The summed E-state index contributed by atoms with van der Waals surface area (Å²) >= 11 is 0. The Morgan fingerprint density at radius 3 is 3.20 bits per heavy atom. The third kappa shape index (κ3) is 2.52. The summed E-state index contributed by atoms with van der Waals surface area (Å²) in [5.74, 6) is 0.586. The monoisotopic (exact) mass is 275 g/mol. The number of carbonyl (C=O) groups excluding carboxylic acids is 1. The SMILES string of the molecule is COC(=O)C1COCCN1Cc1nc2ccccc2[nH]1. The smallest absolute Gasteiger partial charge is 0.325 e. The fourth-order valence-corrected chi connectivity index (χ4v) is 2.45. The van der Waals surface area contributed by atoms with Crippen molar-refractivity contribution in [1.82, 2.24) is 14.9 Å². The van der Waals surface area contributed by atoms with E-state index in [4.69, 9.17) is 9.47 Å². The molecule has 0 saturated carbocycles. The van der Waals surface area contributed by atoms with Gasteiger partial charge in [0.1, 0.15) is 11.9 Å². The summed E-state index contributed by atoms with van der Waals surface area (Å²) in [5.41, 5.74) is 1.94. The van der Waals surface area contributed by atoms with Crippen LogP contribution in [-0.2, 0) is 20.8 Å². The number of imidazole rings is 1. The van der Waals surface area contributed by atoms with Gasteiger partial charge in [-0.3, -0.25) is 9.69 Å². The molecule has 1 fully saturated rings. The zero-order valence-electron chi connectivity index (χ0n) is 11.3. The van der Waals surface area contributed by atoms with Crippen LogP contribution in [0.3, 0.4) is 0 Å². The first-order valence-electron chi connectivity index (χ1n) is 6.61. The molecule has 1 aromatic heterocycles. The highest BCUT2D eigenvalue weighted by molar-refractivity contribution is 5.76. The van der Waals surface area contributed by atoms with Gasteiger partial charge in [0.25, 0.3) is 0 Å². The van der Waals surface area contributed by atoms with Crippen molar-refractivity contribution in [2.75, 3.05) is 26.9 Å². The maximum Gasteiger partial charge on any atom is 0.325 e. The summed E-state index contributed by atoms with van der Waals surface area (Å²) in [6, 6.07) is 7.52. The van der Waals surface area contributed by atoms with Gasteiger partial charge in [-0.2, -0.15) is 0 Å². The van der Waals surface area contributed by atoms with Crippen molar-refractivity contribution in [3.63, 3.8) is 0 Å². The number of esters is 1. The van der Waals surface area contributed by atoms with Crippen LogP contribution >= 0.6 is 0 Å². The van der Waals surface area contributed by atoms with Crippen LogP contribution in [0.4, 0.5) is 0 Å². The van der Waals surface area contributed by atoms with E-state index in [-0.39, 0.29) is 12.0 Å². The van der Waals surface area contributed by atoms with Gasteiger partial charge in [-0.1, -0.05) is 12.1 Å². The van der Waals surface area contributed by atoms with Gasteiger partial charge in [-0.25, -0.2) is 4.98 Å². The molecule has 1 N–H and O–H groups in total. The van der Waals surface area contributed by atoms with E-state index in [1.165, 1.54) is 7.11 Å². The van der Waals surface area contributed by atoms with Gasteiger partial charge in [-0.15, -0.1) is 0 Å². The van der Waals surface area contributed by atoms with Crippen molar-refractivity contribution in [1.29, 1.82) is 0 Å². The molecule has 3 rings (SSSR count). The van der Waals surface area contributed by atoms with Crippen molar-refractivity contribution in [2.24, 2.45) is 0 Å². The van der Waals surface area contributed by atoms with Gasteiger partial charge in [0.15, 0.2) is 0 Å². The lowest BCUT2D eigenvalue weighted by Crippen LogP contribution is -2.49. The molecule has 1 unspecified atom stereocenters. The summed E-state index contributed by atoms with van der Waals surface area (Å²) < 4.78 is 10.2. The Balaban J connectivity index is 1.79. The van der Waals surface area contributed by atoms with E-state index in [9.17, 15) is 4.79 Å². The lowest BCUT2D eigenvalue weighted by atomic mass is 10.2. The van der Waals surface area contributed by atoms with Crippen LogP contribution < -0.4 is 0 Å². The lowest BCUT2D eigenvalue weighted by Gasteiger charge is -2.32. The number of methoxy groups -OCH3 is 1. The Morgan fingerprint density at radius 2 is 2.40 bits per heavy atom. The quantitative estimate of drug-likeness (QED) is 0.844. The molecule has 6 nitrogen and oxygen atoms in total. The van der Waals surface area contributed by atoms with Crippen molar-refractivity contribution in [3.8, 4) is 0 Å². The van der Waals surface area contributed by atoms with Crippen LogP contribution in [0.2, 0.25) is 0 Å². The van der Waals surface area contributed by atoms with Crippen LogP contribution in [0.15, 0.2) is 24.3 Å². The van der Waals surface area contributed by atoms with Gasteiger partial charge >= 0.3 is 5.97 Å². The molecule has 1 aliphatic rings. The van der Waals surface area contributed by atoms with E-state index < -0.39 is 0 Å². The normalized spacial score (nSPS) is 20.1. The van der Waals surface area contributed by atoms with E-state index in [2.05, 4.69) is 9.97 Å².